The van der Waals surface area contributed by atoms with Crippen LogP contribution in [-0.2, 0) is 0 Å². The quantitative estimate of drug-likeness (QED) is 0.707. The number of methoxy groups -OCH3 is 1. The SMILES string of the molecule is COc1cccc(C(c2sc3nc(C)nn3c2O)N(C)CCO)c1. The molecule has 1 unspecified atom stereocenters. The highest BCUT2D eigenvalue weighted by Gasteiger charge is 2.27. The molecule has 2 heterocycles. The highest BCUT2D eigenvalue weighted by Crippen LogP contribution is 2.39. The Balaban J connectivity index is 2.12. The Kier molecular flexibility index (Phi) is 4.70. The number of aliphatic hydroxyl groups excluding tert-OH is 1. The fraction of sp³-hybridized carbons (Fsp3) is 0.375. The van der Waals surface area contributed by atoms with Crippen LogP contribution in [0.4, 0.5) is 0 Å². The summed E-state index contributed by atoms with van der Waals surface area (Å²) < 4.78 is 6.77. The Morgan fingerprint density at radius 2 is 2.21 bits per heavy atom. The van der Waals surface area contributed by atoms with E-state index in [1.165, 1.54) is 15.9 Å². The fourth-order valence-corrected chi connectivity index (χ4v) is 3.92. The van der Waals surface area contributed by atoms with Gasteiger partial charge in [0.15, 0.2) is 0 Å². The van der Waals surface area contributed by atoms with Crippen LogP contribution in [0.25, 0.3) is 4.96 Å². The Hall–Kier alpha value is -2.16. The van der Waals surface area contributed by atoms with E-state index < -0.39 is 0 Å². The van der Waals surface area contributed by atoms with Crippen molar-refractivity contribution in [1.29, 1.82) is 0 Å². The van der Waals surface area contributed by atoms with Crippen molar-refractivity contribution in [3.05, 3.63) is 40.5 Å². The molecule has 7 nitrogen and oxygen atoms in total. The third-order valence-electron chi connectivity index (χ3n) is 3.86. The number of aryl methyl sites for hydroxylation is 1. The van der Waals surface area contributed by atoms with E-state index in [1.54, 1.807) is 14.0 Å². The Labute approximate surface area is 143 Å². The van der Waals surface area contributed by atoms with Crippen molar-refractivity contribution < 1.29 is 14.9 Å². The maximum absolute atomic E-state index is 10.6. The highest BCUT2D eigenvalue weighted by molar-refractivity contribution is 7.17. The third kappa shape index (κ3) is 2.95. The molecule has 24 heavy (non-hydrogen) atoms. The second-order valence-corrected chi connectivity index (χ2v) is 6.54. The van der Waals surface area contributed by atoms with E-state index in [0.717, 1.165) is 16.2 Å². The molecule has 0 radical (unpaired) electrons. The Morgan fingerprint density at radius 1 is 1.42 bits per heavy atom. The zero-order valence-electron chi connectivity index (χ0n) is 13.8. The van der Waals surface area contributed by atoms with Crippen LogP contribution in [-0.4, -0.2) is 57.0 Å². The third-order valence-corrected chi connectivity index (χ3v) is 4.93. The predicted octanol–water partition coefficient (Wildman–Crippen LogP) is 1.83. The molecule has 2 N–H and O–H groups in total. The number of thiazole rings is 1. The van der Waals surface area contributed by atoms with E-state index in [0.29, 0.717) is 17.3 Å². The van der Waals surface area contributed by atoms with Gasteiger partial charge in [-0.3, -0.25) is 4.90 Å². The molecule has 0 aliphatic rings. The molecule has 0 aliphatic carbocycles. The van der Waals surface area contributed by atoms with Crippen molar-refractivity contribution in [2.45, 2.75) is 13.0 Å². The van der Waals surface area contributed by atoms with Gasteiger partial charge in [-0.2, -0.15) is 4.52 Å². The van der Waals surface area contributed by atoms with Gasteiger partial charge in [0.25, 0.3) is 0 Å². The second-order valence-electron chi connectivity index (χ2n) is 5.53. The molecule has 0 saturated heterocycles. The zero-order valence-corrected chi connectivity index (χ0v) is 14.6. The summed E-state index contributed by atoms with van der Waals surface area (Å²) in [4.78, 5) is 7.68. The van der Waals surface area contributed by atoms with E-state index in [9.17, 15) is 10.2 Å². The first kappa shape index (κ1) is 16.7. The van der Waals surface area contributed by atoms with Gasteiger partial charge in [-0.15, -0.1) is 5.10 Å². The van der Waals surface area contributed by atoms with Crippen molar-refractivity contribution in [3.63, 3.8) is 0 Å². The van der Waals surface area contributed by atoms with Gasteiger partial charge in [-0.05, 0) is 31.7 Å². The predicted molar refractivity (Wildman–Crippen MR) is 91.8 cm³/mol. The van der Waals surface area contributed by atoms with Gasteiger partial charge < -0.3 is 14.9 Å². The summed E-state index contributed by atoms with van der Waals surface area (Å²) in [6.45, 7) is 2.28. The number of benzene rings is 1. The van der Waals surface area contributed by atoms with E-state index in [4.69, 9.17) is 4.74 Å². The van der Waals surface area contributed by atoms with Crippen molar-refractivity contribution in [3.8, 4) is 11.6 Å². The fourth-order valence-electron chi connectivity index (χ4n) is 2.73. The molecule has 1 atom stereocenters. The number of aromatic hydroxyl groups is 1. The molecule has 128 valence electrons. The number of aromatic nitrogens is 3. The number of likely N-dealkylation sites (N-methyl/N-ethyl adjacent to an activating group) is 1. The largest absolute Gasteiger partial charge is 0.497 e. The van der Waals surface area contributed by atoms with Gasteiger partial charge in [-0.25, -0.2) is 4.98 Å². The molecule has 3 aromatic rings. The normalized spacial score (nSPS) is 12.9. The summed E-state index contributed by atoms with van der Waals surface area (Å²) in [5.74, 6) is 1.43. The van der Waals surface area contributed by atoms with Crippen LogP contribution in [0.3, 0.4) is 0 Å². The van der Waals surface area contributed by atoms with Crippen LogP contribution in [0.5, 0.6) is 11.6 Å². The van der Waals surface area contributed by atoms with Gasteiger partial charge >= 0.3 is 0 Å². The van der Waals surface area contributed by atoms with Gasteiger partial charge in [0.2, 0.25) is 10.8 Å². The van der Waals surface area contributed by atoms with E-state index in [-0.39, 0.29) is 18.5 Å². The minimum absolute atomic E-state index is 0.0254. The molecule has 1 aromatic carbocycles. The number of ether oxygens (including phenoxy) is 1. The number of hydrogen-bond donors (Lipinski definition) is 2. The zero-order chi connectivity index (χ0) is 17.3. The molecule has 0 saturated carbocycles. The molecule has 0 bridgehead atoms. The first-order valence-electron chi connectivity index (χ1n) is 7.55. The summed E-state index contributed by atoms with van der Waals surface area (Å²) in [7, 11) is 3.52. The topological polar surface area (TPSA) is 83.1 Å². The average molecular weight is 348 g/mol. The van der Waals surface area contributed by atoms with Crippen molar-refractivity contribution >= 4 is 16.3 Å². The van der Waals surface area contributed by atoms with E-state index in [2.05, 4.69) is 10.1 Å². The number of hydrogen-bond acceptors (Lipinski definition) is 7. The standard InChI is InChI=1S/C16H20N4O3S/c1-10-17-16-20(18-10)15(22)14(24-16)13(19(2)7-8-21)11-5-4-6-12(9-11)23-3/h4-6,9,13,21-22H,7-8H2,1-3H3. The number of rotatable bonds is 6. The molecule has 2 aromatic heterocycles. The molecule has 0 fully saturated rings. The minimum atomic E-state index is -0.235. The molecule has 8 heteroatoms. The molecule has 0 aliphatic heterocycles. The lowest BCUT2D eigenvalue weighted by Gasteiger charge is -2.27. The number of aliphatic hydroxyl groups is 1. The second kappa shape index (κ2) is 6.76. The van der Waals surface area contributed by atoms with Gasteiger partial charge in [0, 0.05) is 6.54 Å². The molecule has 3 rings (SSSR count). The van der Waals surface area contributed by atoms with Crippen LogP contribution in [0.1, 0.15) is 22.3 Å². The first-order chi connectivity index (χ1) is 11.5. The number of fused-ring (bicyclic) bond motifs is 1. The molecular weight excluding hydrogens is 328 g/mol. The van der Waals surface area contributed by atoms with E-state index in [1.807, 2.05) is 36.2 Å². The van der Waals surface area contributed by atoms with Crippen molar-refractivity contribution in [2.75, 3.05) is 27.3 Å². The van der Waals surface area contributed by atoms with Gasteiger partial charge in [0.05, 0.1) is 24.6 Å². The maximum Gasteiger partial charge on any atom is 0.230 e. The number of nitrogens with zero attached hydrogens (tertiary/aromatic N) is 4. The van der Waals surface area contributed by atoms with Crippen LogP contribution < -0.4 is 4.74 Å². The summed E-state index contributed by atoms with van der Waals surface area (Å²) in [5.41, 5.74) is 0.960. The lowest BCUT2D eigenvalue weighted by molar-refractivity contribution is 0.196. The van der Waals surface area contributed by atoms with Gasteiger partial charge in [-0.1, -0.05) is 23.5 Å². The van der Waals surface area contributed by atoms with Crippen molar-refractivity contribution in [1.82, 2.24) is 19.5 Å². The molecule has 0 spiro atoms. The Bertz CT molecular complexity index is 845. The van der Waals surface area contributed by atoms with Crippen LogP contribution in [0.2, 0.25) is 0 Å². The van der Waals surface area contributed by atoms with Crippen LogP contribution in [0.15, 0.2) is 24.3 Å². The van der Waals surface area contributed by atoms with Crippen molar-refractivity contribution in [2.24, 2.45) is 0 Å². The summed E-state index contributed by atoms with van der Waals surface area (Å²) in [5, 5.41) is 24.2. The average Bonchev–Trinajstić information content (AvgIpc) is 3.06. The summed E-state index contributed by atoms with van der Waals surface area (Å²) in [6, 6.07) is 7.45. The van der Waals surface area contributed by atoms with Gasteiger partial charge in [0.1, 0.15) is 11.6 Å². The molecule has 0 amide bonds. The lowest BCUT2D eigenvalue weighted by Crippen LogP contribution is -2.28. The molecular formula is C16H20N4O3S. The smallest absolute Gasteiger partial charge is 0.230 e. The van der Waals surface area contributed by atoms with Crippen LogP contribution in [0, 0.1) is 6.92 Å². The maximum atomic E-state index is 10.6. The summed E-state index contributed by atoms with van der Waals surface area (Å²) >= 11 is 1.39. The van der Waals surface area contributed by atoms with Crippen LogP contribution >= 0.6 is 11.3 Å². The monoisotopic (exact) mass is 348 g/mol. The Morgan fingerprint density at radius 3 is 2.88 bits per heavy atom. The summed E-state index contributed by atoms with van der Waals surface area (Å²) in [6.07, 6.45) is 0. The first-order valence-corrected chi connectivity index (χ1v) is 8.37. The van der Waals surface area contributed by atoms with E-state index >= 15 is 0 Å². The minimum Gasteiger partial charge on any atom is -0.497 e. The highest BCUT2D eigenvalue weighted by atomic mass is 32.1. The lowest BCUT2D eigenvalue weighted by atomic mass is 10.0.